The summed E-state index contributed by atoms with van der Waals surface area (Å²) in [5.41, 5.74) is 2.95. The van der Waals surface area contributed by atoms with Gasteiger partial charge in [0.2, 0.25) is 0 Å². The molecule has 0 spiro atoms. The van der Waals surface area contributed by atoms with Gasteiger partial charge in [0.25, 0.3) is 5.56 Å². The lowest BCUT2D eigenvalue weighted by atomic mass is 10.0. The van der Waals surface area contributed by atoms with Gasteiger partial charge in [0.15, 0.2) is 0 Å². The molecule has 2 aromatic heterocycles. The van der Waals surface area contributed by atoms with Crippen LogP contribution in [0.25, 0.3) is 11.1 Å². The molecule has 0 N–H and O–H groups in total. The van der Waals surface area contributed by atoms with Gasteiger partial charge in [-0.1, -0.05) is 6.92 Å². The third kappa shape index (κ3) is 2.15. The van der Waals surface area contributed by atoms with Crippen LogP contribution >= 0.6 is 15.9 Å². The summed E-state index contributed by atoms with van der Waals surface area (Å²) < 4.78 is 2.23. The topological polar surface area (TPSA) is 47.8 Å². The van der Waals surface area contributed by atoms with Crippen LogP contribution in [-0.4, -0.2) is 14.8 Å². The van der Waals surface area contributed by atoms with Crippen LogP contribution in [0.5, 0.6) is 0 Å². The fourth-order valence-electron chi connectivity index (χ4n) is 1.86. The molecule has 0 aromatic carbocycles. The highest BCUT2D eigenvalue weighted by Gasteiger charge is 2.11. The van der Waals surface area contributed by atoms with Crippen LogP contribution in [0.1, 0.15) is 12.6 Å². The van der Waals surface area contributed by atoms with E-state index in [2.05, 4.69) is 26.1 Å². The van der Waals surface area contributed by atoms with Crippen molar-refractivity contribution in [2.75, 3.05) is 0 Å². The smallest absolute Gasteiger partial charge is 0.264 e. The van der Waals surface area contributed by atoms with Crippen LogP contribution in [0, 0.1) is 0 Å². The third-order valence-corrected chi connectivity index (χ3v) is 3.29. The van der Waals surface area contributed by atoms with Crippen LogP contribution < -0.4 is 5.56 Å². The number of rotatable bonds is 2. The van der Waals surface area contributed by atoms with Gasteiger partial charge in [0.05, 0.1) is 16.9 Å². The number of hydrogen-bond acceptors (Lipinski definition) is 3. The first-order chi connectivity index (χ1) is 8.15. The molecule has 0 saturated carbocycles. The number of hydrogen-bond donors (Lipinski definition) is 0. The Kier molecular flexibility index (Phi) is 3.38. The first-order valence-corrected chi connectivity index (χ1v) is 6.10. The van der Waals surface area contributed by atoms with Gasteiger partial charge >= 0.3 is 0 Å². The Morgan fingerprint density at radius 2 is 2.18 bits per heavy atom. The normalized spacial score (nSPS) is 10.5. The molecular weight excluding hydrogens is 282 g/mol. The summed E-state index contributed by atoms with van der Waals surface area (Å²) in [5, 5.41) is 7.62. The fraction of sp³-hybridized carbons (Fsp3) is 0.250. The van der Waals surface area contributed by atoms with E-state index >= 15 is 0 Å². The molecule has 88 valence electrons. The SMILES string of the molecule is CCc1c(-c2ccnnc2)cc(Br)c(=O)n1C. The number of halogens is 1. The maximum atomic E-state index is 11.8. The maximum absolute atomic E-state index is 11.8. The Morgan fingerprint density at radius 3 is 2.76 bits per heavy atom. The van der Waals surface area contributed by atoms with Gasteiger partial charge in [-0.25, -0.2) is 0 Å². The average molecular weight is 294 g/mol. The summed E-state index contributed by atoms with van der Waals surface area (Å²) in [6, 6.07) is 3.73. The number of aromatic nitrogens is 3. The predicted octanol–water partition coefficient (Wildman–Crippen LogP) is 2.17. The zero-order valence-corrected chi connectivity index (χ0v) is 11.2. The first kappa shape index (κ1) is 12.0. The lowest BCUT2D eigenvalue weighted by Gasteiger charge is -2.13. The molecule has 4 nitrogen and oxygen atoms in total. The van der Waals surface area contributed by atoms with Crippen LogP contribution in [-0.2, 0) is 13.5 Å². The van der Waals surface area contributed by atoms with Gasteiger partial charge in [-0.3, -0.25) is 4.79 Å². The molecule has 0 aliphatic rings. The molecule has 0 aliphatic heterocycles. The highest BCUT2D eigenvalue weighted by atomic mass is 79.9. The van der Waals surface area contributed by atoms with E-state index in [0.717, 1.165) is 23.2 Å². The zero-order chi connectivity index (χ0) is 12.4. The minimum atomic E-state index is -0.0207. The molecule has 0 saturated heterocycles. The van der Waals surface area contributed by atoms with E-state index in [0.29, 0.717) is 4.47 Å². The second-order valence-electron chi connectivity index (χ2n) is 3.70. The Labute approximate surface area is 107 Å². The molecule has 2 rings (SSSR count). The van der Waals surface area contributed by atoms with Crippen LogP contribution in [0.4, 0.5) is 0 Å². The maximum Gasteiger partial charge on any atom is 0.264 e. The molecule has 0 atom stereocenters. The number of nitrogens with zero attached hydrogens (tertiary/aromatic N) is 3. The van der Waals surface area contributed by atoms with Gasteiger partial charge in [-0.15, -0.1) is 0 Å². The number of pyridine rings is 1. The quantitative estimate of drug-likeness (QED) is 0.853. The largest absolute Gasteiger partial charge is 0.314 e. The summed E-state index contributed by atoms with van der Waals surface area (Å²) in [6.45, 7) is 2.03. The van der Waals surface area contributed by atoms with E-state index < -0.39 is 0 Å². The van der Waals surface area contributed by atoms with Crippen molar-refractivity contribution in [3.63, 3.8) is 0 Å². The van der Waals surface area contributed by atoms with Crippen LogP contribution in [0.3, 0.4) is 0 Å². The molecule has 2 aromatic rings. The highest BCUT2D eigenvalue weighted by Crippen LogP contribution is 2.24. The standard InChI is InChI=1S/C12H12BrN3O/c1-3-11-9(8-4-5-14-15-7-8)6-10(13)12(17)16(11)2/h4-7H,3H2,1-2H3. The van der Waals surface area contributed by atoms with E-state index in [9.17, 15) is 4.79 Å². The monoisotopic (exact) mass is 293 g/mol. The van der Waals surface area contributed by atoms with Crippen LogP contribution in [0.15, 0.2) is 33.8 Å². The van der Waals surface area contributed by atoms with Crippen LogP contribution in [0.2, 0.25) is 0 Å². The van der Waals surface area contributed by atoms with Gasteiger partial charge in [-0.2, -0.15) is 10.2 Å². The molecule has 0 fully saturated rings. The lowest BCUT2D eigenvalue weighted by molar-refractivity contribution is 0.780. The minimum Gasteiger partial charge on any atom is -0.314 e. The summed E-state index contributed by atoms with van der Waals surface area (Å²) in [6.07, 6.45) is 4.13. The van der Waals surface area contributed by atoms with Crippen molar-refractivity contribution >= 4 is 15.9 Å². The molecule has 0 bridgehead atoms. The van der Waals surface area contributed by atoms with E-state index in [1.807, 2.05) is 19.1 Å². The molecule has 0 radical (unpaired) electrons. The molecule has 0 amide bonds. The molecule has 2 heterocycles. The van der Waals surface area contributed by atoms with Gasteiger partial charge in [0.1, 0.15) is 0 Å². The second-order valence-corrected chi connectivity index (χ2v) is 4.56. The van der Waals surface area contributed by atoms with Gasteiger partial charge in [0, 0.05) is 23.9 Å². The van der Waals surface area contributed by atoms with E-state index in [-0.39, 0.29) is 5.56 Å². The second kappa shape index (κ2) is 4.79. The fourth-order valence-corrected chi connectivity index (χ4v) is 2.36. The Hall–Kier alpha value is -1.49. The molecular formula is C12H12BrN3O. The Balaban J connectivity index is 2.74. The van der Waals surface area contributed by atoms with Crippen molar-refractivity contribution in [1.82, 2.24) is 14.8 Å². The summed E-state index contributed by atoms with van der Waals surface area (Å²) in [4.78, 5) is 11.8. The van der Waals surface area contributed by atoms with Crippen molar-refractivity contribution in [2.45, 2.75) is 13.3 Å². The van der Waals surface area contributed by atoms with Crippen molar-refractivity contribution in [2.24, 2.45) is 7.05 Å². The van der Waals surface area contributed by atoms with Gasteiger partial charge < -0.3 is 4.57 Å². The summed E-state index contributed by atoms with van der Waals surface area (Å²) in [5.74, 6) is 0. The van der Waals surface area contributed by atoms with E-state index in [4.69, 9.17) is 0 Å². The third-order valence-electron chi connectivity index (χ3n) is 2.73. The van der Waals surface area contributed by atoms with E-state index in [1.165, 1.54) is 0 Å². The molecule has 17 heavy (non-hydrogen) atoms. The summed E-state index contributed by atoms with van der Waals surface area (Å²) in [7, 11) is 1.78. The Bertz CT molecular complexity index is 593. The minimum absolute atomic E-state index is 0.0207. The zero-order valence-electron chi connectivity index (χ0n) is 9.64. The van der Waals surface area contributed by atoms with Crippen molar-refractivity contribution in [3.8, 4) is 11.1 Å². The van der Waals surface area contributed by atoms with Crippen molar-refractivity contribution in [3.05, 3.63) is 45.0 Å². The molecule has 0 aliphatic carbocycles. The first-order valence-electron chi connectivity index (χ1n) is 5.30. The van der Waals surface area contributed by atoms with Crippen molar-refractivity contribution in [1.29, 1.82) is 0 Å². The lowest BCUT2D eigenvalue weighted by Crippen LogP contribution is -2.21. The molecule has 5 heteroatoms. The highest BCUT2D eigenvalue weighted by molar-refractivity contribution is 9.10. The summed E-state index contributed by atoms with van der Waals surface area (Å²) >= 11 is 3.29. The predicted molar refractivity (Wildman–Crippen MR) is 69.8 cm³/mol. The van der Waals surface area contributed by atoms with Gasteiger partial charge in [-0.05, 0) is 34.5 Å². The van der Waals surface area contributed by atoms with E-state index in [1.54, 1.807) is 24.0 Å². The molecule has 0 unspecified atom stereocenters. The Morgan fingerprint density at radius 1 is 1.41 bits per heavy atom. The van der Waals surface area contributed by atoms with Crippen molar-refractivity contribution < 1.29 is 0 Å². The average Bonchev–Trinajstić information content (AvgIpc) is 2.36.